The van der Waals surface area contributed by atoms with Crippen LogP contribution in [0.15, 0.2) is 24.3 Å². The molecule has 0 unspecified atom stereocenters. The van der Waals surface area contributed by atoms with E-state index in [0.29, 0.717) is 0 Å². The van der Waals surface area contributed by atoms with Crippen molar-refractivity contribution in [3.8, 4) is 0 Å². The van der Waals surface area contributed by atoms with Crippen LogP contribution in [0.4, 0.5) is 5.69 Å². The molecule has 1 saturated heterocycles. The molecule has 1 fully saturated rings. The second-order valence-electron chi connectivity index (χ2n) is 2.77. The Bertz CT molecular complexity index is 254. The quantitative estimate of drug-likeness (QED) is 0.577. The number of rotatable bonds is 1. The third kappa shape index (κ3) is 1.88. The lowest BCUT2D eigenvalue weighted by Gasteiger charge is -2.15. The average molecular weight is 291 g/mol. The maximum atomic E-state index is 2.37. The summed E-state index contributed by atoms with van der Waals surface area (Å²) < 4.78 is 3.68. The Kier molecular flexibility index (Phi) is 2.80. The van der Waals surface area contributed by atoms with Gasteiger partial charge in [-0.2, -0.15) is 0 Å². The molecule has 0 radical (unpaired) electrons. The number of hydrogen-bond acceptors (Lipinski definition) is 2. The van der Waals surface area contributed by atoms with Crippen LogP contribution in [0.2, 0.25) is 0 Å². The molecule has 1 aliphatic heterocycles. The van der Waals surface area contributed by atoms with Crippen molar-refractivity contribution >= 4 is 40.2 Å². The number of anilines is 1. The Morgan fingerprint density at radius 3 is 2.58 bits per heavy atom. The van der Waals surface area contributed by atoms with Crippen molar-refractivity contribution in [2.45, 2.75) is 6.42 Å². The summed E-state index contributed by atoms with van der Waals surface area (Å²) in [7, 11) is 0. The van der Waals surface area contributed by atoms with Gasteiger partial charge < -0.3 is 4.31 Å². The van der Waals surface area contributed by atoms with Gasteiger partial charge >= 0.3 is 0 Å². The normalized spacial score (nSPS) is 16.9. The summed E-state index contributed by atoms with van der Waals surface area (Å²) >= 11 is 4.27. The second-order valence-corrected chi connectivity index (χ2v) is 5.12. The third-order valence-electron chi connectivity index (χ3n) is 1.87. The first kappa shape index (κ1) is 8.69. The molecule has 0 amide bonds. The maximum absolute atomic E-state index is 2.37. The Labute approximate surface area is 90.8 Å². The van der Waals surface area contributed by atoms with E-state index in [1.807, 2.05) is 11.9 Å². The highest BCUT2D eigenvalue weighted by molar-refractivity contribution is 14.1. The molecule has 1 heterocycles. The minimum Gasteiger partial charge on any atom is -0.316 e. The van der Waals surface area contributed by atoms with E-state index < -0.39 is 0 Å². The molecule has 0 N–H and O–H groups in total. The van der Waals surface area contributed by atoms with Crippen LogP contribution in [0.3, 0.4) is 0 Å². The van der Waals surface area contributed by atoms with Gasteiger partial charge in [-0.15, -0.1) is 0 Å². The van der Waals surface area contributed by atoms with E-state index in [1.54, 1.807) is 0 Å². The van der Waals surface area contributed by atoms with Crippen LogP contribution in [-0.4, -0.2) is 12.3 Å². The summed E-state index contributed by atoms with van der Waals surface area (Å²) in [6, 6.07) is 8.71. The van der Waals surface area contributed by atoms with Gasteiger partial charge in [0.05, 0.1) is 0 Å². The molecular formula is C9H10INS. The van der Waals surface area contributed by atoms with Crippen LogP contribution in [0.1, 0.15) is 6.42 Å². The fourth-order valence-corrected chi connectivity index (χ4v) is 2.63. The van der Waals surface area contributed by atoms with Crippen LogP contribution >= 0.6 is 34.5 Å². The Balaban J connectivity index is 2.17. The zero-order valence-corrected chi connectivity index (χ0v) is 9.64. The zero-order chi connectivity index (χ0) is 8.39. The van der Waals surface area contributed by atoms with Crippen molar-refractivity contribution < 1.29 is 0 Å². The van der Waals surface area contributed by atoms with E-state index in [9.17, 15) is 0 Å². The Morgan fingerprint density at radius 1 is 1.25 bits per heavy atom. The molecule has 1 aromatic rings. The lowest BCUT2D eigenvalue weighted by Crippen LogP contribution is -2.08. The first-order chi connectivity index (χ1) is 5.86. The molecule has 0 aliphatic carbocycles. The number of halogens is 1. The molecule has 0 aromatic heterocycles. The van der Waals surface area contributed by atoms with E-state index >= 15 is 0 Å². The highest BCUT2D eigenvalue weighted by atomic mass is 127. The predicted octanol–water partition coefficient (Wildman–Crippen LogP) is 3.15. The van der Waals surface area contributed by atoms with Gasteiger partial charge in [-0.3, -0.25) is 0 Å². The van der Waals surface area contributed by atoms with Crippen LogP contribution < -0.4 is 4.31 Å². The monoisotopic (exact) mass is 291 g/mol. The van der Waals surface area contributed by atoms with Crippen LogP contribution in [-0.2, 0) is 0 Å². The molecule has 64 valence electrons. The Morgan fingerprint density at radius 2 is 2.00 bits per heavy atom. The minimum atomic E-state index is 1.20. The molecule has 0 atom stereocenters. The van der Waals surface area contributed by atoms with Crippen molar-refractivity contribution in [3.63, 3.8) is 0 Å². The first-order valence-corrected chi connectivity index (χ1v) is 6.04. The van der Waals surface area contributed by atoms with Gasteiger partial charge in [-0.05, 0) is 65.2 Å². The summed E-state index contributed by atoms with van der Waals surface area (Å²) in [6.45, 7) is 1.20. The molecule has 12 heavy (non-hydrogen) atoms. The Hall–Kier alpha value is 0.1000. The van der Waals surface area contributed by atoms with Crippen molar-refractivity contribution in [2.24, 2.45) is 0 Å². The smallest absolute Gasteiger partial charge is 0.0470 e. The third-order valence-corrected chi connectivity index (χ3v) is 3.76. The van der Waals surface area contributed by atoms with Gasteiger partial charge in [0.25, 0.3) is 0 Å². The molecule has 1 nitrogen and oxygen atoms in total. The number of hydrogen-bond donors (Lipinski definition) is 0. The second kappa shape index (κ2) is 3.87. The molecule has 3 heteroatoms. The molecule has 0 bridgehead atoms. The predicted molar refractivity (Wildman–Crippen MR) is 63.6 cm³/mol. The van der Waals surface area contributed by atoms with E-state index in [0.717, 1.165) is 0 Å². The van der Waals surface area contributed by atoms with Gasteiger partial charge in [-0.1, -0.05) is 0 Å². The van der Waals surface area contributed by atoms with E-state index in [-0.39, 0.29) is 0 Å². The fraction of sp³-hybridized carbons (Fsp3) is 0.333. The standard InChI is InChI=1S/C9H10INS/c10-8-2-4-9(5-3-8)11-6-1-7-12-11/h2-5H,1,6-7H2. The summed E-state index contributed by atoms with van der Waals surface area (Å²) in [6.07, 6.45) is 1.32. The lowest BCUT2D eigenvalue weighted by molar-refractivity contribution is 0.989. The van der Waals surface area contributed by atoms with Crippen LogP contribution in [0.5, 0.6) is 0 Å². The van der Waals surface area contributed by atoms with Gasteiger partial charge in [0.1, 0.15) is 0 Å². The van der Waals surface area contributed by atoms with Crippen LogP contribution in [0, 0.1) is 3.57 Å². The largest absolute Gasteiger partial charge is 0.316 e. The molecule has 0 saturated carbocycles. The summed E-state index contributed by atoms with van der Waals surface area (Å²) in [5.74, 6) is 1.27. The molecule has 2 rings (SSSR count). The highest BCUT2D eigenvalue weighted by Gasteiger charge is 2.12. The SMILES string of the molecule is Ic1ccc(N2CCCS2)cc1. The average Bonchev–Trinajstić information content (AvgIpc) is 2.58. The molecule has 0 spiro atoms. The van der Waals surface area contributed by atoms with E-state index in [4.69, 9.17) is 0 Å². The maximum Gasteiger partial charge on any atom is 0.0470 e. The van der Waals surface area contributed by atoms with Crippen molar-refractivity contribution in [2.75, 3.05) is 16.6 Å². The van der Waals surface area contributed by atoms with Crippen molar-refractivity contribution in [1.82, 2.24) is 0 Å². The summed E-state index contributed by atoms with van der Waals surface area (Å²) in [4.78, 5) is 0. The van der Waals surface area contributed by atoms with Crippen molar-refractivity contribution in [3.05, 3.63) is 27.8 Å². The van der Waals surface area contributed by atoms with Crippen molar-refractivity contribution in [1.29, 1.82) is 0 Å². The lowest BCUT2D eigenvalue weighted by atomic mass is 10.3. The molecule has 1 aromatic carbocycles. The van der Waals surface area contributed by atoms with E-state index in [1.165, 1.54) is 28.0 Å². The number of benzene rings is 1. The molecule has 1 aliphatic rings. The van der Waals surface area contributed by atoms with Gasteiger partial charge in [0.15, 0.2) is 0 Å². The first-order valence-electron chi connectivity index (χ1n) is 4.02. The van der Waals surface area contributed by atoms with E-state index in [2.05, 4.69) is 51.2 Å². The zero-order valence-electron chi connectivity index (χ0n) is 6.66. The van der Waals surface area contributed by atoms with Crippen LogP contribution in [0.25, 0.3) is 0 Å². The highest BCUT2D eigenvalue weighted by Crippen LogP contribution is 2.28. The van der Waals surface area contributed by atoms with Gasteiger partial charge in [0.2, 0.25) is 0 Å². The number of nitrogens with zero attached hydrogens (tertiary/aromatic N) is 1. The van der Waals surface area contributed by atoms with Gasteiger partial charge in [-0.25, -0.2) is 0 Å². The topological polar surface area (TPSA) is 3.24 Å². The fourth-order valence-electron chi connectivity index (χ4n) is 1.26. The summed E-state index contributed by atoms with van der Waals surface area (Å²) in [5.41, 5.74) is 1.35. The summed E-state index contributed by atoms with van der Waals surface area (Å²) in [5, 5.41) is 0. The minimum absolute atomic E-state index is 1.20. The van der Waals surface area contributed by atoms with Gasteiger partial charge in [0, 0.05) is 21.6 Å². The molecular weight excluding hydrogens is 281 g/mol.